The molecular weight excluding hydrogens is 630 g/mol. The van der Waals surface area contributed by atoms with Crippen LogP contribution in [0.1, 0.15) is 31.2 Å². The Hall–Kier alpha value is -5.28. The third-order valence-electron chi connectivity index (χ3n) is 12.0. The van der Waals surface area contributed by atoms with Crippen LogP contribution in [0.5, 0.6) is 5.75 Å². The molecule has 0 bridgehead atoms. The Morgan fingerprint density at radius 2 is 1.40 bits per heavy atom. The first kappa shape index (κ1) is 30.8. The number of phenolic OH excluding ortho intramolecular Hbond substituents is 1. The van der Waals surface area contributed by atoms with E-state index >= 15 is 0 Å². The Labute approximate surface area is 289 Å². The summed E-state index contributed by atoms with van der Waals surface area (Å²) in [6.45, 7) is 4.70. The Morgan fingerprint density at radius 3 is 2.16 bits per heavy atom. The number of hydrogen-bond acceptors (Lipinski definition) is 7. The van der Waals surface area contributed by atoms with Crippen LogP contribution in [0.3, 0.4) is 0 Å². The molecule has 9 heteroatoms. The molecule has 3 heterocycles. The fourth-order valence-corrected chi connectivity index (χ4v) is 9.58. The third kappa shape index (κ3) is 4.29. The molecule has 4 fully saturated rings. The third-order valence-corrected chi connectivity index (χ3v) is 12.0. The van der Waals surface area contributed by atoms with Crippen LogP contribution in [0.15, 0.2) is 103 Å². The minimum atomic E-state index is -1.23. The van der Waals surface area contributed by atoms with Gasteiger partial charge in [0.25, 0.3) is 0 Å². The summed E-state index contributed by atoms with van der Waals surface area (Å²) < 4.78 is 5.49. The van der Waals surface area contributed by atoms with Crippen molar-refractivity contribution >= 4 is 51.5 Å². The Kier molecular flexibility index (Phi) is 7.00. The molecule has 4 amide bonds. The summed E-state index contributed by atoms with van der Waals surface area (Å²) in [5, 5.41) is 13.4. The maximum atomic E-state index is 14.7. The highest BCUT2D eigenvalue weighted by atomic mass is 16.5. The van der Waals surface area contributed by atoms with Crippen LogP contribution in [0.4, 0.5) is 17.1 Å². The molecule has 3 aliphatic heterocycles. The molecule has 0 unspecified atom stereocenters. The van der Waals surface area contributed by atoms with Crippen LogP contribution in [0.2, 0.25) is 0 Å². The number of ether oxygens (including phenoxy) is 1. The van der Waals surface area contributed by atoms with Crippen LogP contribution in [-0.2, 0) is 23.9 Å². The molecule has 9 nitrogen and oxygen atoms in total. The zero-order valence-electron chi connectivity index (χ0n) is 27.7. The SMILES string of the molecule is C[C@@]12C(=O)N(c3ccccc3)C(=O)[C@@H]1C[C@@H]1C(=CC[C@@H]3C(=O)N(c4ccc(N5CCOCC5)cc4)C(=O)[C@@H]31)[C@@H]2c1ccc2ccccc2c1O. The van der Waals surface area contributed by atoms with Crippen LogP contribution in [0, 0.1) is 29.1 Å². The van der Waals surface area contributed by atoms with E-state index in [-0.39, 0.29) is 35.8 Å². The molecule has 0 aromatic heterocycles. The maximum Gasteiger partial charge on any atom is 0.241 e. The summed E-state index contributed by atoms with van der Waals surface area (Å²) in [6.07, 6.45) is 2.61. The minimum absolute atomic E-state index is 0.0611. The predicted molar refractivity (Wildman–Crippen MR) is 189 cm³/mol. The van der Waals surface area contributed by atoms with Gasteiger partial charge in [0.05, 0.1) is 47.8 Å². The summed E-state index contributed by atoms with van der Waals surface area (Å²) in [5.74, 6) is -4.30. The summed E-state index contributed by atoms with van der Waals surface area (Å²) in [4.78, 5) is 62.6. The van der Waals surface area contributed by atoms with Crippen LogP contribution in [0.25, 0.3) is 10.8 Å². The van der Waals surface area contributed by atoms with E-state index in [9.17, 15) is 24.3 Å². The van der Waals surface area contributed by atoms with Gasteiger partial charge in [0.15, 0.2) is 0 Å². The molecule has 4 aromatic carbocycles. The summed E-state index contributed by atoms with van der Waals surface area (Å²) >= 11 is 0. The van der Waals surface area contributed by atoms with Crippen molar-refractivity contribution in [3.63, 3.8) is 0 Å². The standard InChI is InChI=1S/C41H37N3O6/c1-41-33(38(47)44(40(41)49)26-8-3-2-4-9-26)23-32-29(35(41)31-16-11-24-7-5-6-10-28(24)36(31)45)17-18-30-34(32)39(48)43(37(30)46)27-14-12-25(13-15-27)42-19-21-50-22-20-42/h2-17,30,32-35,45H,18-23H2,1H3/t30-,32+,33-,34-,35+,41+/m0/s1. The number of hydrogen-bond donors (Lipinski definition) is 1. The number of imide groups is 2. The molecule has 50 heavy (non-hydrogen) atoms. The molecule has 6 atom stereocenters. The molecule has 0 spiro atoms. The lowest BCUT2D eigenvalue weighted by Crippen LogP contribution is -2.48. The Bertz CT molecular complexity index is 2110. The molecule has 1 saturated carbocycles. The van der Waals surface area contributed by atoms with E-state index < -0.39 is 35.0 Å². The van der Waals surface area contributed by atoms with Gasteiger partial charge < -0.3 is 14.7 Å². The number of allylic oxidation sites excluding steroid dienone is 2. The van der Waals surface area contributed by atoms with Crippen molar-refractivity contribution in [1.82, 2.24) is 0 Å². The number of phenols is 1. The minimum Gasteiger partial charge on any atom is -0.507 e. The van der Waals surface area contributed by atoms with Gasteiger partial charge in [0, 0.05) is 35.6 Å². The van der Waals surface area contributed by atoms with E-state index in [1.165, 1.54) is 9.80 Å². The van der Waals surface area contributed by atoms with Gasteiger partial charge in [-0.2, -0.15) is 0 Å². The fourth-order valence-electron chi connectivity index (χ4n) is 9.58. The lowest BCUT2D eigenvalue weighted by Gasteiger charge is -2.49. The van der Waals surface area contributed by atoms with Crippen molar-refractivity contribution in [1.29, 1.82) is 0 Å². The largest absolute Gasteiger partial charge is 0.507 e. The van der Waals surface area contributed by atoms with Crippen molar-refractivity contribution in [3.8, 4) is 5.75 Å². The monoisotopic (exact) mass is 667 g/mol. The van der Waals surface area contributed by atoms with Gasteiger partial charge >= 0.3 is 0 Å². The summed E-state index contributed by atoms with van der Waals surface area (Å²) in [7, 11) is 0. The van der Waals surface area contributed by atoms with Crippen molar-refractivity contribution in [2.45, 2.75) is 25.7 Å². The van der Waals surface area contributed by atoms with Crippen molar-refractivity contribution in [3.05, 3.63) is 108 Å². The number of benzene rings is 4. The zero-order chi connectivity index (χ0) is 34.3. The molecule has 4 aromatic rings. The smallest absolute Gasteiger partial charge is 0.241 e. The van der Waals surface area contributed by atoms with Crippen LogP contribution < -0.4 is 14.7 Å². The highest BCUT2D eigenvalue weighted by molar-refractivity contribution is 6.25. The predicted octanol–water partition coefficient (Wildman–Crippen LogP) is 5.82. The second kappa shape index (κ2) is 11.4. The fraction of sp³-hybridized carbons (Fsp3) is 0.317. The van der Waals surface area contributed by atoms with Gasteiger partial charge in [0.1, 0.15) is 5.75 Å². The zero-order valence-corrected chi connectivity index (χ0v) is 27.7. The number of carbonyl (C=O) groups is 4. The first-order chi connectivity index (χ1) is 24.3. The number of para-hydroxylation sites is 1. The summed E-state index contributed by atoms with van der Waals surface area (Å²) in [6, 6.07) is 27.8. The molecule has 5 aliphatic rings. The normalized spacial score (nSPS) is 29.3. The van der Waals surface area contributed by atoms with Gasteiger partial charge in [0.2, 0.25) is 23.6 Å². The van der Waals surface area contributed by atoms with Crippen LogP contribution >= 0.6 is 0 Å². The van der Waals surface area contributed by atoms with Crippen molar-refractivity contribution in [2.75, 3.05) is 41.0 Å². The van der Waals surface area contributed by atoms with Gasteiger partial charge in [-0.3, -0.25) is 24.1 Å². The topological polar surface area (TPSA) is 107 Å². The molecule has 3 saturated heterocycles. The number of amides is 4. The number of aromatic hydroxyl groups is 1. The molecule has 2 aliphatic carbocycles. The number of nitrogens with zero attached hydrogens (tertiary/aromatic N) is 3. The van der Waals surface area contributed by atoms with Crippen LogP contribution in [-0.4, -0.2) is 55.0 Å². The van der Waals surface area contributed by atoms with Crippen molar-refractivity contribution in [2.24, 2.45) is 29.1 Å². The Balaban J connectivity index is 1.14. The highest BCUT2D eigenvalue weighted by Crippen LogP contribution is 2.64. The van der Waals surface area contributed by atoms with E-state index in [0.717, 1.165) is 29.7 Å². The number of carbonyl (C=O) groups excluding carboxylic acids is 4. The number of rotatable bonds is 4. The lowest BCUT2D eigenvalue weighted by atomic mass is 9.51. The van der Waals surface area contributed by atoms with E-state index in [1.807, 2.05) is 79.7 Å². The lowest BCUT2D eigenvalue weighted by molar-refractivity contribution is -0.131. The molecule has 252 valence electrons. The average molecular weight is 668 g/mol. The first-order valence-electron chi connectivity index (χ1n) is 17.4. The molecule has 1 N–H and O–H groups in total. The molecular formula is C41H37N3O6. The van der Waals surface area contributed by atoms with Gasteiger partial charge in [-0.05, 0) is 67.5 Å². The first-order valence-corrected chi connectivity index (χ1v) is 17.4. The highest BCUT2D eigenvalue weighted by Gasteiger charge is 2.68. The average Bonchev–Trinajstić information content (AvgIpc) is 3.52. The second-order valence-corrected chi connectivity index (χ2v) is 14.3. The summed E-state index contributed by atoms with van der Waals surface area (Å²) in [5.41, 5.74) is 2.19. The number of anilines is 3. The van der Waals surface area contributed by atoms with Gasteiger partial charge in [-0.25, -0.2) is 4.90 Å². The van der Waals surface area contributed by atoms with Crippen molar-refractivity contribution < 1.29 is 29.0 Å². The maximum absolute atomic E-state index is 14.7. The molecule has 0 radical (unpaired) electrons. The number of fused-ring (bicyclic) bond motifs is 5. The quantitative estimate of drug-likeness (QED) is 0.216. The van der Waals surface area contributed by atoms with Gasteiger partial charge in [-0.1, -0.05) is 66.2 Å². The van der Waals surface area contributed by atoms with E-state index in [2.05, 4.69) is 4.90 Å². The second-order valence-electron chi connectivity index (χ2n) is 14.3. The van der Waals surface area contributed by atoms with E-state index in [1.54, 1.807) is 24.3 Å². The van der Waals surface area contributed by atoms with Gasteiger partial charge in [-0.15, -0.1) is 0 Å². The van der Waals surface area contributed by atoms with E-state index in [0.29, 0.717) is 42.0 Å². The Morgan fingerprint density at radius 1 is 0.720 bits per heavy atom. The van der Waals surface area contributed by atoms with E-state index in [4.69, 9.17) is 4.74 Å². The number of morpholine rings is 1. The molecule has 9 rings (SSSR count).